The van der Waals surface area contributed by atoms with E-state index in [0.717, 1.165) is 11.1 Å². The van der Waals surface area contributed by atoms with Crippen molar-refractivity contribution in [1.82, 2.24) is 5.32 Å². The molecule has 1 aliphatic heterocycles. The first-order valence-electron chi connectivity index (χ1n) is 8.34. The second-order valence-electron chi connectivity index (χ2n) is 6.40. The molecule has 0 saturated carbocycles. The summed E-state index contributed by atoms with van der Waals surface area (Å²) < 4.78 is 5.47. The molecule has 0 radical (unpaired) electrons. The van der Waals surface area contributed by atoms with Crippen molar-refractivity contribution in [2.75, 3.05) is 11.5 Å². The van der Waals surface area contributed by atoms with Gasteiger partial charge in [-0.3, -0.25) is 14.5 Å². The molecule has 5 nitrogen and oxygen atoms in total. The van der Waals surface area contributed by atoms with Crippen LogP contribution in [0.3, 0.4) is 0 Å². The van der Waals surface area contributed by atoms with E-state index in [1.807, 2.05) is 56.3 Å². The Bertz CT molecular complexity index is 799. The maximum absolute atomic E-state index is 12.6. The monoisotopic (exact) mass is 338 g/mol. The van der Waals surface area contributed by atoms with Crippen molar-refractivity contribution >= 4 is 17.5 Å². The quantitative estimate of drug-likeness (QED) is 0.932. The van der Waals surface area contributed by atoms with Crippen LogP contribution in [-0.4, -0.2) is 24.5 Å². The van der Waals surface area contributed by atoms with Gasteiger partial charge in [-0.05, 0) is 44.0 Å². The number of aryl methyl sites for hydroxylation is 2. The predicted octanol–water partition coefficient (Wildman–Crippen LogP) is 2.73. The van der Waals surface area contributed by atoms with Crippen LogP contribution < -0.4 is 15.0 Å². The molecule has 0 aromatic heterocycles. The van der Waals surface area contributed by atoms with E-state index < -0.39 is 6.04 Å². The number of nitrogens with zero attached hydrogens (tertiary/aromatic N) is 1. The summed E-state index contributed by atoms with van der Waals surface area (Å²) in [6, 6.07) is 13.0. The van der Waals surface area contributed by atoms with Crippen LogP contribution in [0.15, 0.2) is 42.5 Å². The molecule has 5 heteroatoms. The van der Waals surface area contributed by atoms with Crippen molar-refractivity contribution in [3.8, 4) is 5.75 Å². The van der Waals surface area contributed by atoms with Crippen LogP contribution in [0.5, 0.6) is 5.75 Å². The van der Waals surface area contributed by atoms with Gasteiger partial charge in [0.2, 0.25) is 5.91 Å². The van der Waals surface area contributed by atoms with E-state index in [1.54, 1.807) is 6.92 Å². The second-order valence-corrected chi connectivity index (χ2v) is 6.40. The highest BCUT2D eigenvalue weighted by Crippen LogP contribution is 2.34. The zero-order chi connectivity index (χ0) is 18.0. The van der Waals surface area contributed by atoms with E-state index in [2.05, 4.69) is 5.32 Å². The van der Waals surface area contributed by atoms with Gasteiger partial charge in [0.25, 0.3) is 5.91 Å². The fourth-order valence-electron chi connectivity index (χ4n) is 2.87. The van der Waals surface area contributed by atoms with Crippen molar-refractivity contribution in [3.05, 3.63) is 59.2 Å². The molecular formula is C20H22N2O3. The summed E-state index contributed by atoms with van der Waals surface area (Å²) in [4.78, 5) is 26.4. The van der Waals surface area contributed by atoms with E-state index in [1.165, 1.54) is 10.5 Å². The summed E-state index contributed by atoms with van der Waals surface area (Å²) in [6.45, 7) is 6.09. The molecule has 0 spiro atoms. The van der Waals surface area contributed by atoms with Crippen molar-refractivity contribution in [2.45, 2.75) is 33.4 Å². The molecule has 0 aliphatic carbocycles. The third-order valence-corrected chi connectivity index (χ3v) is 4.35. The maximum atomic E-state index is 12.6. The highest BCUT2D eigenvalue weighted by molar-refractivity contribution is 6.03. The molecule has 0 fully saturated rings. The fourth-order valence-corrected chi connectivity index (χ4v) is 2.87. The minimum Gasteiger partial charge on any atom is -0.482 e. The molecule has 3 rings (SSSR count). The Labute approximate surface area is 147 Å². The summed E-state index contributed by atoms with van der Waals surface area (Å²) in [7, 11) is 0. The Morgan fingerprint density at radius 2 is 1.84 bits per heavy atom. The molecule has 1 aliphatic rings. The highest BCUT2D eigenvalue weighted by atomic mass is 16.5. The molecule has 1 N–H and O–H groups in total. The first-order valence-corrected chi connectivity index (χ1v) is 8.34. The Morgan fingerprint density at radius 3 is 2.56 bits per heavy atom. The number of rotatable bonds is 4. The first-order chi connectivity index (χ1) is 12.0. The number of anilines is 1. The van der Waals surface area contributed by atoms with Crippen LogP contribution in [0, 0.1) is 13.8 Å². The number of ether oxygens (including phenoxy) is 1. The van der Waals surface area contributed by atoms with Gasteiger partial charge in [-0.15, -0.1) is 0 Å². The lowest BCUT2D eigenvalue weighted by atomic mass is 10.1. The van der Waals surface area contributed by atoms with Crippen LogP contribution in [0.4, 0.5) is 5.69 Å². The number of fused-ring (bicyclic) bond motifs is 1. The SMILES string of the molecule is Cc1ccc(CNC(=O)[C@@H](C)N2C(=O)COc3ccc(C)cc32)cc1. The van der Waals surface area contributed by atoms with E-state index in [9.17, 15) is 9.59 Å². The maximum Gasteiger partial charge on any atom is 0.265 e. The fraction of sp³-hybridized carbons (Fsp3) is 0.300. The number of carbonyl (C=O) groups is 2. The number of carbonyl (C=O) groups excluding carboxylic acids is 2. The van der Waals surface area contributed by atoms with Crippen molar-refractivity contribution < 1.29 is 14.3 Å². The zero-order valence-electron chi connectivity index (χ0n) is 14.7. The molecule has 2 amide bonds. The Kier molecular flexibility index (Phi) is 4.74. The topological polar surface area (TPSA) is 58.6 Å². The lowest BCUT2D eigenvalue weighted by Gasteiger charge is -2.33. The van der Waals surface area contributed by atoms with Gasteiger partial charge in [-0.1, -0.05) is 35.9 Å². The Balaban J connectivity index is 1.74. The van der Waals surface area contributed by atoms with Crippen LogP contribution in [0.2, 0.25) is 0 Å². The zero-order valence-corrected chi connectivity index (χ0v) is 14.7. The third kappa shape index (κ3) is 3.65. The molecule has 0 unspecified atom stereocenters. The summed E-state index contributed by atoms with van der Waals surface area (Å²) in [6.07, 6.45) is 0. The summed E-state index contributed by atoms with van der Waals surface area (Å²) in [5, 5.41) is 2.91. The Morgan fingerprint density at radius 1 is 1.16 bits per heavy atom. The van der Waals surface area contributed by atoms with E-state index in [-0.39, 0.29) is 18.4 Å². The molecule has 1 heterocycles. The Hall–Kier alpha value is -2.82. The summed E-state index contributed by atoms with van der Waals surface area (Å²) in [5.74, 6) is 0.225. The summed E-state index contributed by atoms with van der Waals surface area (Å²) in [5.41, 5.74) is 3.86. The largest absolute Gasteiger partial charge is 0.482 e. The predicted molar refractivity (Wildman–Crippen MR) is 96.6 cm³/mol. The van der Waals surface area contributed by atoms with Crippen molar-refractivity contribution in [3.63, 3.8) is 0 Å². The molecule has 0 saturated heterocycles. The molecular weight excluding hydrogens is 316 g/mol. The molecule has 1 atom stereocenters. The molecule has 0 bridgehead atoms. The minimum absolute atomic E-state index is 0.0500. The van der Waals surface area contributed by atoms with Gasteiger partial charge < -0.3 is 10.1 Å². The van der Waals surface area contributed by atoms with Gasteiger partial charge in [0.15, 0.2) is 6.61 Å². The van der Waals surface area contributed by atoms with Gasteiger partial charge in [-0.2, -0.15) is 0 Å². The van der Waals surface area contributed by atoms with Crippen molar-refractivity contribution in [1.29, 1.82) is 0 Å². The van der Waals surface area contributed by atoms with Gasteiger partial charge in [0, 0.05) is 6.54 Å². The minimum atomic E-state index is -0.609. The van der Waals surface area contributed by atoms with Gasteiger partial charge in [0.1, 0.15) is 11.8 Å². The normalized spacial score (nSPS) is 14.5. The van der Waals surface area contributed by atoms with Crippen LogP contribution in [0.25, 0.3) is 0 Å². The number of hydrogen-bond donors (Lipinski definition) is 1. The van der Waals surface area contributed by atoms with Crippen LogP contribution in [-0.2, 0) is 16.1 Å². The first kappa shape index (κ1) is 17.0. The molecule has 25 heavy (non-hydrogen) atoms. The van der Waals surface area contributed by atoms with Crippen molar-refractivity contribution in [2.24, 2.45) is 0 Å². The van der Waals surface area contributed by atoms with Gasteiger partial charge in [0.05, 0.1) is 5.69 Å². The van der Waals surface area contributed by atoms with Gasteiger partial charge >= 0.3 is 0 Å². The second kappa shape index (κ2) is 6.97. The molecule has 2 aromatic carbocycles. The number of nitrogens with one attached hydrogen (secondary N) is 1. The molecule has 130 valence electrons. The highest BCUT2D eigenvalue weighted by Gasteiger charge is 2.33. The average molecular weight is 338 g/mol. The average Bonchev–Trinajstić information content (AvgIpc) is 2.60. The number of hydrogen-bond acceptors (Lipinski definition) is 3. The van der Waals surface area contributed by atoms with E-state index >= 15 is 0 Å². The standard InChI is InChI=1S/C20H22N2O3/c1-13-4-7-16(8-5-13)11-21-20(24)15(3)22-17-10-14(2)6-9-18(17)25-12-19(22)23/h4-10,15H,11-12H2,1-3H3,(H,21,24)/t15-/m1/s1. The number of amides is 2. The smallest absolute Gasteiger partial charge is 0.265 e. The lowest BCUT2D eigenvalue weighted by Crippen LogP contribution is -2.51. The lowest BCUT2D eigenvalue weighted by molar-refractivity contribution is -0.127. The van der Waals surface area contributed by atoms with E-state index in [0.29, 0.717) is 18.0 Å². The summed E-state index contributed by atoms with van der Waals surface area (Å²) >= 11 is 0. The third-order valence-electron chi connectivity index (χ3n) is 4.35. The van der Waals surface area contributed by atoms with E-state index in [4.69, 9.17) is 4.74 Å². The van der Waals surface area contributed by atoms with Gasteiger partial charge in [-0.25, -0.2) is 0 Å². The van der Waals surface area contributed by atoms with Crippen LogP contribution in [0.1, 0.15) is 23.6 Å². The number of benzene rings is 2. The van der Waals surface area contributed by atoms with Crippen LogP contribution >= 0.6 is 0 Å². The molecule has 2 aromatic rings.